The van der Waals surface area contributed by atoms with Crippen LogP contribution in [-0.4, -0.2) is 21.9 Å². The van der Waals surface area contributed by atoms with Crippen molar-refractivity contribution in [3.05, 3.63) is 56.1 Å². The lowest BCUT2D eigenvalue weighted by molar-refractivity contribution is -0.132. The number of nitrogens with zero attached hydrogens (tertiary/aromatic N) is 2. The van der Waals surface area contributed by atoms with Gasteiger partial charge in [-0.05, 0) is 32.3 Å². The lowest BCUT2D eigenvalue weighted by Gasteiger charge is -2.25. The molecule has 1 aliphatic heterocycles. The minimum Gasteiger partial charge on any atom is -0.336 e. The van der Waals surface area contributed by atoms with Crippen molar-refractivity contribution in [1.82, 2.24) is 9.47 Å². The van der Waals surface area contributed by atoms with Crippen LogP contribution in [0.2, 0.25) is 0 Å². The first-order valence-corrected chi connectivity index (χ1v) is 8.95. The van der Waals surface area contributed by atoms with Crippen LogP contribution in [0.4, 0.5) is 0 Å². The lowest BCUT2D eigenvalue weighted by atomic mass is 10.0. The second kappa shape index (κ2) is 6.71. The highest BCUT2D eigenvalue weighted by atomic mass is 32.1. The summed E-state index contributed by atoms with van der Waals surface area (Å²) < 4.78 is 1.69. The molecule has 0 bridgehead atoms. The molecule has 1 aromatic heterocycles. The van der Waals surface area contributed by atoms with E-state index in [4.69, 9.17) is 0 Å². The Kier molecular flexibility index (Phi) is 4.66. The molecule has 0 aliphatic carbocycles. The van der Waals surface area contributed by atoms with Gasteiger partial charge in [-0.15, -0.1) is 0 Å². The second-order valence-corrected chi connectivity index (χ2v) is 7.02. The minimum absolute atomic E-state index is 0.0202. The Hall–Kier alpha value is -1.88. The van der Waals surface area contributed by atoms with E-state index in [0.29, 0.717) is 13.0 Å². The first-order chi connectivity index (χ1) is 11.1. The van der Waals surface area contributed by atoms with Gasteiger partial charge in [-0.1, -0.05) is 41.2 Å². The third kappa shape index (κ3) is 3.39. The van der Waals surface area contributed by atoms with Crippen LogP contribution in [0.3, 0.4) is 0 Å². The van der Waals surface area contributed by atoms with E-state index >= 15 is 0 Å². The number of carbonyl (C=O) groups excluding carboxylic acids is 1. The van der Waals surface area contributed by atoms with E-state index in [0.717, 1.165) is 25.1 Å². The van der Waals surface area contributed by atoms with Crippen molar-refractivity contribution in [3.63, 3.8) is 0 Å². The van der Waals surface area contributed by atoms with Crippen LogP contribution in [0.5, 0.6) is 0 Å². The minimum atomic E-state index is 0.0202. The van der Waals surface area contributed by atoms with Gasteiger partial charge in [-0.25, -0.2) is 0 Å². The summed E-state index contributed by atoms with van der Waals surface area (Å²) in [5.41, 5.74) is 3.38. The molecular formula is C18H22N2O2S. The Balaban J connectivity index is 1.68. The third-order valence-corrected chi connectivity index (χ3v) is 5.44. The molecule has 2 heterocycles. The number of aromatic nitrogens is 1. The predicted molar refractivity (Wildman–Crippen MR) is 92.8 cm³/mol. The number of hydrogen-bond acceptors (Lipinski definition) is 3. The SMILES string of the molecule is Cc1ccc(C2CCCN2C(=O)CCn2c(C)csc2=O)cc1. The number of carbonyl (C=O) groups is 1. The van der Waals surface area contributed by atoms with Crippen molar-refractivity contribution in [2.24, 2.45) is 0 Å². The Morgan fingerprint density at radius 3 is 2.65 bits per heavy atom. The Morgan fingerprint density at radius 1 is 1.26 bits per heavy atom. The zero-order chi connectivity index (χ0) is 16.4. The van der Waals surface area contributed by atoms with Crippen LogP contribution in [-0.2, 0) is 11.3 Å². The van der Waals surface area contributed by atoms with Crippen LogP contribution >= 0.6 is 11.3 Å². The highest BCUT2D eigenvalue weighted by molar-refractivity contribution is 7.07. The second-order valence-electron chi connectivity index (χ2n) is 6.20. The van der Waals surface area contributed by atoms with Gasteiger partial charge in [-0.2, -0.15) is 0 Å². The number of hydrogen-bond donors (Lipinski definition) is 0. The van der Waals surface area contributed by atoms with E-state index < -0.39 is 0 Å². The van der Waals surface area contributed by atoms with Gasteiger partial charge in [0.15, 0.2) is 0 Å². The molecule has 2 aromatic rings. The van der Waals surface area contributed by atoms with Gasteiger partial charge in [-0.3, -0.25) is 9.59 Å². The third-order valence-electron chi connectivity index (χ3n) is 4.56. The molecule has 1 fully saturated rings. The average Bonchev–Trinajstić information content (AvgIpc) is 3.14. The summed E-state index contributed by atoms with van der Waals surface area (Å²) in [7, 11) is 0. The standard InChI is InChI=1S/C18H22N2O2S/c1-13-5-7-15(8-6-13)16-4-3-10-20(16)17(21)9-11-19-14(2)12-23-18(19)22/h5-8,12,16H,3-4,9-11H2,1-2H3. The maximum atomic E-state index is 12.6. The maximum absolute atomic E-state index is 12.6. The molecule has 1 unspecified atom stereocenters. The van der Waals surface area contributed by atoms with Crippen LogP contribution in [0.15, 0.2) is 34.4 Å². The van der Waals surface area contributed by atoms with Gasteiger partial charge in [0, 0.05) is 30.6 Å². The number of amides is 1. The van der Waals surface area contributed by atoms with E-state index in [9.17, 15) is 9.59 Å². The molecular weight excluding hydrogens is 308 g/mol. The van der Waals surface area contributed by atoms with Crippen molar-refractivity contribution in [3.8, 4) is 0 Å². The molecule has 0 radical (unpaired) electrons. The molecule has 0 N–H and O–H groups in total. The summed E-state index contributed by atoms with van der Waals surface area (Å²) >= 11 is 1.20. The summed E-state index contributed by atoms with van der Waals surface area (Å²) in [5.74, 6) is 0.144. The Morgan fingerprint density at radius 2 is 2.00 bits per heavy atom. The van der Waals surface area contributed by atoms with Crippen LogP contribution in [0, 0.1) is 13.8 Å². The zero-order valence-corrected chi connectivity index (χ0v) is 14.4. The van der Waals surface area contributed by atoms with Gasteiger partial charge in [0.25, 0.3) is 0 Å². The molecule has 122 valence electrons. The molecule has 1 atom stereocenters. The van der Waals surface area contributed by atoms with Gasteiger partial charge < -0.3 is 9.47 Å². The van der Waals surface area contributed by atoms with E-state index in [1.165, 1.54) is 22.5 Å². The molecule has 23 heavy (non-hydrogen) atoms. The summed E-state index contributed by atoms with van der Waals surface area (Å²) in [6.07, 6.45) is 2.45. The molecule has 0 spiro atoms. The van der Waals surface area contributed by atoms with Gasteiger partial charge in [0.05, 0.1) is 6.04 Å². The zero-order valence-electron chi connectivity index (χ0n) is 13.6. The molecule has 1 aromatic carbocycles. The smallest absolute Gasteiger partial charge is 0.307 e. The molecule has 3 rings (SSSR count). The van der Waals surface area contributed by atoms with Crippen LogP contribution in [0.25, 0.3) is 0 Å². The van der Waals surface area contributed by atoms with E-state index in [-0.39, 0.29) is 16.8 Å². The van der Waals surface area contributed by atoms with Crippen molar-refractivity contribution in [1.29, 1.82) is 0 Å². The number of benzene rings is 1. The van der Waals surface area contributed by atoms with Crippen molar-refractivity contribution in [2.75, 3.05) is 6.54 Å². The monoisotopic (exact) mass is 330 g/mol. The highest BCUT2D eigenvalue weighted by Gasteiger charge is 2.29. The topological polar surface area (TPSA) is 42.3 Å². The number of rotatable bonds is 4. The summed E-state index contributed by atoms with van der Waals surface area (Å²) in [5, 5.41) is 1.85. The summed E-state index contributed by atoms with van der Waals surface area (Å²) in [4.78, 5) is 26.4. The van der Waals surface area contributed by atoms with E-state index in [1.54, 1.807) is 4.57 Å². The van der Waals surface area contributed by atoms with Gasteiger partial charge >= 0.3 is 4.87 Å². The number of likely N-dealkylation sites (tertiary alicyclic amines) is 1. The van der Waals surface area contributed by atoms with Gasteiger partial charge in [0.1, 0.15) is 0 Å². The summed E-state index contributed by atoms with van der Waals surface area (Å²) in [6.45, 7) is 5.27. The van der Waals surface area contributed by atoms with E-state index in [2.05, 4.69) is 31.2 Å². The fourth-order valence-corrected chi connectivity index (χ4v) is 3.99. The molecule has 4 nitrogen and oxygen atoms in total. The predicted octanol–water partition coefficient (Wildman–Crippen LogP) is 3.28. The number of aryl methyl sites for hydroxylation is 2. The molecule has 1 amide bonds. The Labute approximate surface area is 140 Å². The molecule has 1 saturated heterocycles. The molecule has 0 saturated carbocycles. The highest BCUT2D eigenvalue weighted by Crippen LogP contribution is 2.32. The quantitative estimate of drug-likeness (QED) is 0.863. The van der Waals surface area contributed by atoms with Crippen molar-refractivity contribution >= 4 is 17.2 Å². The average molecular weight is 330 g/mol. The van der Waals surface area contributed by atoms with Crippen LogP contribution < -0.4 is 4.87 Å². The normalized spacial score (nSPS) is 17.7. The summed E-state index contributed by atoms with van der Waals surface area (Å²) in [6, 6.07) is 8.64. The number of thiazole rings is 1. The van der Waals surface area contributed by atoms with Gasteiger partial charge in [0.2, 0.25) is 5.91 Å². The van der Waals surface area contributed by atoms with Crippen molar-refractivity contribution in [2.45, 2.75) is 45.7 Å². The largest absolute Gasteiger partial charge is 0.336 e. The Bertz CT molecular complexity index is 745. The fraction of sp³-hybridized carbons (Fsp3) is 0.444. The maximum Gasteiger partial charge on any atom is 0.307 e. The van der Waals surface area contributed by atoms with Crippen LogP contribution in [0.1, 0.15) is 42.1 Å². The first-order valence-electron chi connectivity index (χ1n) is 8.07. The van der Waals surface area contributed by atoms with E-state index in [1.807, 2.05) is 17.2 Å². The lowest BCUT2D eigenvalue weighted by Crippen LogP contribution is -2.32. The molecule has 5 heteroatoms. The van der Waals surface area contributed by atoms with Crippen molar-refractivity contribution < 1.29 is 4.79 Å². The fourth-order valence-electron chi connectivity index (χ4n) is 3.23. The first kappa shape index (κ1) is 16.0. The molecule has 1 aliphatic rings.